The number of fused-ring (bicyclic) bond motifs is 1. The van der Waals surface area contributed by atoms with Gasteiger partial charge < -0.3 is 0 Å². The van der Waals surface area contributed by atoms with E-state index in [9.17, 15) is 14.4 Å². The molecule has 0 aromatic heterocycles. The average molecular weight is 469 g/mol. The van der Waals surface area contributed by atoms with E-state index in [4.69, 9.17) is 0 Å². The molecule has 34 heavy (non-hydrogen) atoms. The summed E-state index contributed by atoms with van der Waals surface area (Å²) in [6, 6.07) is 2.39. The number of rotatable bonds is 14. The van der Waals surface area contributed by atoms with Gasteiger partial charge in [-0.3, -0.25) is 14.4 Å². The van der Waals surface area contributed by atoms with Gasteiger partial charge in [-0.25, -0.2) is 0 Å². The summed E-state index contributed by atoms with van der Waals surface area (Å²) in [6.45, 7) is 14.6. The first-order valence-electron chi connectivity index (χ1n) is 13.8. The monoisotopic (exact) mass is 468 g/mol. The van der Waals surface area contributed by atoms with Crippen molar-refractivity contribution in [2.75, 3.05) is 0 Å². The van der Waals surface area contributed by atoms with Crippen molar-refractivity contribution in [2.45, 2.75) is 125 Å². The number of unbranched alkanes of at least 4 members (excludes halogenated alkanes) is 2. The van der Waals surface area contributed by atoms with Gasteiger partial charge in [-0.05, 0) is 86.0 Å². The van der Waals surface area contributed by atoms with E-state index >= 15 is 0 Å². The van der Waals surface area contributed by atoms with E-state index in [1.165, 1.54) is 48.4 Å². The molecule has 0 radical (unpaired) electrons. The van der Waals surface area contributed by atoms with Gasteiger partial charge in [0.1, 0.15) is 11.6 Å². The van der Waals surface area contributed by atoms with Gasteiger partial charge >= 0.3 is 0 Å². The summed E-state index contributed by atoms with van der Waals surface area (Å²) in [6.07, 6.45) is 9.88. The SMILES string of the molecule is CCCCCc1cc(C(C)C)c2c(c1C)C(=O)CC(CC(CCC)C(CC)C(=O)CC(C)=O)C2. The summed E-state index contributed by atoms with van der Waals surface area (Å²) in [5.41, 5.74) is 6.17. The highest BCUT2D eigenvalue weighted by Gasteiger charge is 2.34. The molecule has 0 amide bonds. The number of carbonyl (C=O) groups is 3. The Morgan fingerprint density at radius 2 is 1.76 bits per heavy atom. The third kappa shape index (κ3) is 7.12. The van der Waals surface area contributed by atoms with Gasteiger partial charge in [0.25, 0.3) is 0 Å². The van der Waals surface area contributed by atoms with Crippen molar-refractivity contribution in [3.05, 3.63) is 33.9 Å². The maximum absolute atomic E-state index is 13.5. The lowest BCUT2D eigenvalue weighted by Crippen LogP contribution is -2.30. The normalized spacial score (nSPS) is 17.5. The Balaban J connectivity index is 2.34. The molecule has 0 fully saturated rings. The molecule has 0 saturated heterocycles. The molecule has 190 valence electrons. The molecule has 0 N–H and O–H groups in total. The van der Waals surface area contributed by atoms with Crippen molar-refractivity contribution in [1.82, 2.24) is 0 Å². The Hall–Kier alpha value is -1.77. The lowest BCUT2D eigenvalue weighted by molar-refractivity contribution is -0.129. The molecule has 0 saturated carbocycles. The van der Waals surface area contributed by atoms with Crippen molar-refractivity contribution in [3.8, 4) is 0 Å². The minimum absolute atomic E-state index is 0.0443. The summed E-state index contributed by atoms with van der Waals surface area (Å²) >= 11 is 0. The fraction of sp³-hybridized carbons (Fsp3) is 0.710. The first kappa shape index (κ1) is 28.5. The molecule has 0 aliphatic heterocycles. The Bertz CT molecular complexity index is 864. The zero-order valence-corrected chi connectivity index (χ0v) is 22.9. The Kier molecular flexibility index (Phi) is 11.2. The molecule has 1 aliphatic rings. The number of hydrogen-bond acceptors (Lipinski definition) is 3. The fourth-order valence-corrected chi connectivity index (χ4v) is 6.23. The number of benzene rings is 1. The van der Waals surface area contributed by atoms with Crippen LogP contribution in [-0.4, -0.2) is 17.3 Å². The lowest BCUT2D eigenvalue weighted by atomic mass is 9.70. The molecule has 1 aliphatic carbocycles. The van der Waals surface area contributed by atoms with Crippen LogP contribution in [0.25, 0.3) is 0 Å². The third-order valence-corrected chi connectivity index (χ3v) is 7.90. The number of aryl methyl sites for hydroxylation is 1. The first-order valence-corrected chi connectivity index (χ1v) is 13.8. The van der Waals surface area contributed by atoms with Gasteiger partial charge in [0, 0.05) is 17.9 Å². The van der Waals surface area contributed by atoms with Crippen molar-refractivity contribution < 1.29 is 14.4 Å². The van der Waals surface area contributed by atoms with Crippen LogP contribution in [0.15, 0.2) is 6.07 Å². The van der Waals surface area contributed by atoms with Gasteiger partial charge in [-0.2, -0.15) is 0 Å². The number of carbonyl (C=O) groups excluding carboxylic acids is 3. The van der Waals surface area contributed by atoms with E-state index < -0.39 is 0 Å². The van der Waals surface area contributed by atoms with Crippen molar-refractivity contribution >= 4 is 17.3 Å². The molecule has 0 heterocycles. The molecule has 3 atom stereocenters. The van der Waals surface area contributed by atoms with Crippen molar-refractivity contribution in [1.29, 1.82) is 0 Å². The van der Waals surface area contributed by atoms with Crippen LogP contribution in [0.5, 0.6) is 0 Å². The molecular formula is C31H48O3. The van der Waals surface area contributed by atoms with E-state index in [0.29, 0.717) is 18.1 Å². The predicted octanol–water partition coefficient (Wildman–Crippen LogP) is 7.98. The zero-order valence-electron chi connectivity index (χ0n) is 22.9. The summed E-state index contributed by atoms with van der Waals surface area (Å²) in [5, 5.41) is 0. The summed E-state index contributed by atoms with van der Waals surface area (Å²) in [4.78, 5) is 38.0. The van der Waals surface area contributed by atoms with Crippen molar-refractivity contribution in [3.63, 3.8) is 0 Å². The minimum atomic E-state index is -0.0763. The summed E-state index contributed by atoms with van der Waals surface area (Å²) in [7, 11) is 0. The van der Waals surface area contributed by atoms with Gasteiger partial charge in [0.15, 0.2) is 5.78 Å². The maximum Gasteiger partial charge on any atom is 0.163 e. The first-order chi connectivity index (χ1) is 16.1. The van der Waals surface area contributed by atoms with E-state index in [1.807, 2.05) is 0 Å². The van der Waals surface area contributed by atoms with Gasteiger partial charge in [-0.15, -0.1) is 0 Å². The second-order valence-corrected chi connectivity index (χ2v) is 11.1. The van der Waals surface area contributed by atoms with E-state index in [2.05, 4.69) is 47.6 Å². The van der Waals surface area contributed by atoms with Crippen LogP contribution in [0, 0.1) is 24.7 Å². The van der Waals surface area contributed by atoms with E-state index in [1.54, 1.807) is 0 Å². The zero-order chi connectivity index (χ0) is 25.4. The number of Topliss-reactive ketones (excluding diaryl/α,β-unsaturated/α-hetero) is 3. The fourth-order valence-electron chi connectivity index (χ4n) is 6.23. The standard InChI is InChI=1S/C31H48O3/c1-8-11-12-14-24-19-27(20(4)5)28-17-23(18-30(34)31(28)22(24)7)16-25(13-9-2)26(10-3)29(33)15-21(6)32/h19-20,23,25-26H,8-18H2,1-7H3. The topological polar surface area (TPSA) is 51.2 Å². The molecule has 2 rings (SSSR count). The van der Waals surface area contributed by atoms with Crippen molar-refractivity contribution in [2.24, 2.45) is 17.8 Å². The number of hydrogen-bond donors (Lipinski definition) is 0. The molecule has 3 nitrogen and oxygen atoms in total. The van der Waals surface area contributed by atoms with Crippen LogP contribution < -0.4 is 0 Å². The quantitative estimate of drug-likeness (QED) is 0.205. The number of ketones is 3. The van der Waals surface area contributed by atoms with Crippen LogP contribution in [0.2, 0.25) is 0 Å². The molecular weight excluding hydrogens is 420 g/mol. The third-order valence-electron chi connectivity index (χ3n) is 7.90. The van der Waals surface area contributed by atoms with E-state index in [0.717, 1.165) is 44.1 Å². The van der Waals surface area contributed by atoms with E-state index in [-0.39, 0.29) is 35.7 Å². The highest BCUT2D eigenvalue weighted by atomic mass is 16.1. The molecule has 0 bridgehead atoms. The lowest BCUT2D eigenvalue weighted by Gasteiger charge is -2.33. The summed E-state index contributed by atoms with van der Waals surface area (Å²) in [5.74, 6) is 1.17. The molecule has 3 unspecified atom stereocenters. The van der Waals surface area contributed by atoms with Crippen LogP contribution in [-0.2, 0) is 22.4 Å². The van der Waals surface area contributed by atoms with Gasteiger partial charge in [0.05, 0.1) is 6.42 Å². The molecule has 1 aromatic rings. The second kappa shape index (κ2) is 13.4. The minimum Gasteiger partial charge on any atom is -0.300 e. The van der Waals surface area contributed by atoms with Gasteiger partial charge in [-0.1, -0.05) is 66.4 Å². The Morgan fingerprint density at radius 3 is 2.32 bits per heavy atom. The smallest absolute Gasteiger partial charge is 0.163 e. The average Bonchev–Trinajstić information content (AvgIpc) is 2.75. The molecule has 3 heteroatoms. The Morgan fingerprint density at radius 1 is 1.06 bits per heavy atom. The van der Waals surface area contributed by atoms with Crippen LogP contribution >= 0.6 is 0 Å². The predicted molar refractivity (Wildman–Crippen MR) is 142 cm³/mol. The second-order valence-electron chi connectivity index (χ2n) is 11.1. The summed E-state index contributed by atoms with van der Waals surface area (Å²) < 4.78 is 0. The highest BCUT2D eigenvalue weighted by Crippen LogP contribution is 2.40. The molecule has 0 spiro atoms. The van der Waals surface area contributed by atoms with Gasteiger partial charge in [0.2, 0.25) is 0 Å². The Labute approximate surface area is 208 Å². The van der Waals surface area contributed by atoms with Crippen LogP contribution in [0.3, 0.4) is 0 Å². The maximum atomic E-state index is 13.5. The van der Waals surface area contributed by atoms with Crippen LogP contribution in [0.1, 0.15) is 138 Å². The molecule has 1 aromatic carbocycles. The highest BCUT2D eigenvalue weighted by molar-refractivity contribution is 6.01. The van der Waals surface area contributed by atoms with Crippen LogP contribution in [0.4, 0.5) is 0 Å². The largest absolute Gasteiger partial charge is 0.300 e.